The summed E-state index contributed by atoms with van der Waals surface area (Å²) in [5.41, 5.74) is 13.3. The summed E-state index contributed by atoms with van der Waals surface area (Å²) in [4.78, 5) is 13.4. The second-order valence-electron chi connectivity index (χ2n) is 5.00. The minimum Gasteiger partial charge on any atom is -0.478 e. The van der Waals surface area contributed by atoms with Crippen LogP contribution in [0.2, 0.25) is 0 Å². The normalized spacial score (nSPS) is 10.9. The molecule has 0 unspecified atom stereocenters. The van der Waals surface area contributed by atoms with Gasteiger partial charge in [-0.1, -0.05) is 19.9 Å². The highest BCUT2D eigenvalue weighted by atomic mass is 16.4. The van der Waals surface area contributed by atoms with Gasteiger partial charge in [-0.05, 0) is 44.0 Å². The first-order valence-electron chi connectivity index (χ1n) is 7.13. The highest BCUT2D eigenvalue weighted by molar-refractivity contribution is 5.97. The molecule has 5 N–H and O–H groups in total. The zero-order valence-corrected chi connectivity index (χ0v) is 12.4. The first-order valence-corrected chi connectivity index (χ1v) is 7.13. The van der Waals surface area contributed by atoms with Crippen molar-refractivity contribution in [2.75, 3.05) is 31.1 Å². The Bertz CT molecular complexity index is 455. The Morgan fingerprint density at radius 2 is 1.70 bits per heavy atom. The van der Waals surface area contributed by atoms with Gasteiger partial charge in [-0.15, -0.1) is 0 Å². The number of benzene rings is 1. The van der Waals surface area contributed by atoms with Gasteiger partial charge in [-0.3, -0.25) is 0 Å². The summed E-state index contributed by atoms with van der Waals surface area (Å²) < 4.78 is 0. The standard InChI is InChI=1S/C15H25N3O2/c1-3-8-18(9-4-2)10-7-11-5-6-12(15(19)20)14(17)13(11)16/h5-6H,3-4,7-10,16-17H2,1-2H3,(H,19,20). The molecule has 0 aliphatic carbocycles. The molecule has 1 aromatic rings. The number of hydrogen-bond acceptors (Lipinski definition) is 4. The van der Waals surface area contributed by atoms with Crippen molar-refractivity contribution in [3.63, 3.8) is 0 Å². The zero-order chi connectivity index (χ0) is 15.1. The maximum atomic E-state index is 11.0. The molecule has 5 nitrogen and oxygen atoms in total. The third kappa shape index (κ3) is 4.13. The van der Waals surface area contributed by atoms with Gasteiger partial charge in [0, 0.05) is 6.54 Å². The molecule has 0 bridgehead atoms. The second-order valence-corrected chi connectivity index (χ2v) is 5.00. The van der Waals surface area contributed by atoms with E-state index in [4.69, 9.17) is 16.6 Å². The van der Waals surface area contributed by atoms with Crippen LogP contribution in [-0.2, 0) is 6.42 Å². The third-order valence-corrected chi connectivity index (χ3v) is 3.38. The zero-order valence-electron chi connectivity index (χ0n) is 12.4. The highest BCUT2D eigenvalue weighted by Gasteiger charge is 2.13. The number of carboxylic acid groups (broad SMARTS) is 1. The molecule has 0 spiro atoms. The quantitative estimate of drug-likeness (QED) is 0.634. The lowest BCUT2D eigenvalue weighted by molar-refractivity contribution is 0.0698. The molecule has 0 fully saturated rings. The van der Waals surface area contributed by atoms with Crippen molar-refractivity contribution in [2.45, 2.75) is 33.1 Å². The molecule has 20 heavy (non-hydrogen) atoms. The van der Waals surface area contributed by atoms with Crippen LogP contribution in [-0.4, -0.2) is 35.6 Å². The fourth-order valence-electron chi connectivity index (χ4n) is 2.33. The predicted octanol–water partition coefficient (Wildman–Crippen LogP) is 2.21. The van der Waals surface area contributed by atoms with Gasteiger partial charge in [0.2, 0.25) is 0 Å². The number of rotatable bonds is 8. The molecule has 0 saturated carbocycles. The van der Waals surface area contributed by atoms with Crippen molar-refractivity contribution in [1.29, 1.82) is 0 Å². The van der Waals surface area contributed by atoms with Gasteiger partial charge in [-0.25, -0.2) is 4.79 Å². The van der Waals surface area contributed by atoms with E-state index in [1.54, 1.807) is 6.07 Å². The fraction of sp³-hybridized carbons (Fsp3) is 0.533. The van der Waals surface area contributed by atoms with E-state index in [0.717, 1.165) is 44.5 Å². The van der Waals surface area contributed by atoms with Crippen molar-refractivity contribution < 1.29 is 9.90 Å². The second kappa shape index (κ2) is 7.75. The summed E-state index contributed by atoms with van der Waals surface area (Å²) in [5, 5.41) is 9.00. The van der Waals surface area contributed by atoms with Crippen LogP contribution < -0.4 is 11.5 Å². The monoisotopic (exact) mass is 279 g/mol. The molecule has 0 saturated heterocycles. The van der Waals surface area contributed by atoms with E-state index in [-0.39, 0.29) is 11.3 Å². The fourth-order valence-corrected chi connectivity index (χ4v) is 2.33. The molecule has 0 amide bonds. The summed E-state index contributed by atoms with van der Waals surface area (Å²) in [7, 11) is 0. The van der Waals surface area contributed by atoms with Crippen LogP contribution in [0.25, 0.3) is 0 Å². The number of anilines is 2. The van der Waals surface area contributed by atoms with Crippen molar-refractivity contribution >= 4 is 17.3 Å². The van der Waals surface area contributed by atoms with E-state index in [0.29, 0.717) is 5.69 Å². The molecule has 5 heteroatoms. The topological polar surface area (TPSA) is 92.6 Å². The lowest BCUT2D eigenvalue weighted by Crippen LogP contribution is -2.28. The van der Waals surface area contributed by atoms with Gasteiger partial charge in [0.05, 0.1) is 16.9 Å². The van der Waals surface area contributed by atoms with E-state index in [1.807, 2.05) is 0 Å². The SMILES string of the molecule is CCCN(CCC)CCc1ccc(C(=O)O)c(N)c1N. The van der Waals surface area contributed by atoms with Gasteiger partial charge in [-0.2, -0.15) is 0 Å². The van der Waals surface area contributed by atoms with Crippen LogP contribution >= 0.6 is 0 Å². The van der Waals surface area contributed by atoms with Crippen LogP contribution in [0.15, 0.2) is 12.1 Å². The number of carbonyl (C=O) groups is 1. The van der Waals surface area contributed by atoms with Crippen LogP contribution in [0, 0.1) is 0 Å². The Kier molecular flexibility index (Phi) is 6.31. The Balaban J connectivity index is 2.78. The van der Waals surface area contributed by atoms with Crippen molar-refractivity contribution in [3.05, 3.63) is 23.3 Å². The first kappa shape index (κ1) is 16.3. The van der Waals surface area contributed by atoms with Crippen molar-refractivity contribution in [1.82, 2.24) is 4.90 Å². The van der Waals surface area contributed by atoms with Crippen LogP contribution in [0.1, 0.15) is 42.6 Å². The summed E-state index contributed by atoms with van der Waals surface area (Å²) in [6.45, 7) is 7.37. The summed E-state index contributed by atoms with van der Waals surface area (Å²) in [6, 6.07) is 3.30. The number of nitrogen functional groups attached to an aromatic ring is 2. The number of carboxylic acids is 1. The van der Waals surface area contributed by atoms with Crippen LogP contribution in [0.3, 0.4) is 0 Å². The van der Waals surface area contributed by atoms with E-state index in [1.165, 1.54) is 6.07 Å². The third-order valence-electron chi connectivity index (χ3n) is 3.38. The van der Waals surface area contributed by atoms with Crippen molar-refractivity contribution in [2.24, 2.45) is 0 Å². The molecule has 0 radical (unpaired) electrons. The van der Waals surface area contributed by atoms with E-state index in [9.17, 15) is 4.79 Å². The maximum Gasteiger partial charge on any atom is 0.337 e. The van der Waals surface area contributed by atoms with Gasteiger partial charge in [0.25, 0.3) is 0 Å². The van der Waals surface area contributed by atoms with E-state index in [2.05, 4.69) is 18.7 Å². The van der Waals surface area contributed by atoms with Gasteiger partial charge in [0.15, 0.2) is 0 Å². The molecule has 112 valence electrons. The Morgan fingerprint density at radius 3 is 2.20 bits per heavy atom. The van der Waals surface area contributed by atoms with E-state index < -0.39 is 5.97 Å². The van der Waals surface area contributed by atoms with Crippen molar-refractivity contribution in [3.8, 4) is 0 Å². The molecule has 0 aliphatic rings. The lowest BCUT2D eigenvalue weighted by atomic mass is 10.0. The molecule has 1 aromatic carbocycles. The minimum absolute atomic E-state index is 0.0743. The van der Waals surface area contributed by atoms with Gasteiger partial charge < -0.3 is 21.5 Å². The van der Waals surface area contributed by atoms with Gasteiger partial charge in [0.1, 0.15) is 0 Å². The summed E-state index contributed by atoms with van der Waals surface area (Å²) >= 11 is 0. The molecule has 1 rings (SSSR count). The predicted molar refractivity (Wildman–Crippen MR) is 83.0 cm³/mol. The lowest BCUT2D eigenvalue weighted by Gasteiger charge is -2.21. The molecule has 0 aromatic heterocycles. The number of nitrogens with zero attached hydrogens (tertiary/aromatic N) is 1. The molecular weight excluding hydrogens is 254 g/mol. The van der Waals surface area contributed by atoms with Crippen LogP contribution in [0.5, 0.6) is 0 Å². The first-order chi connectivity index (χ1) is 9.51. The smallest absolute Gasteiger partial charge is 0.337 e. The summed E-state index contributed by atoms with van der Waals surface area (Å²) in [5.74, 6) is -1.04. The maximum absolute atomic E-state index is 11.0. The highest BCUT2D eigenvalue weighted by Crippen LogP contribution is 2.25. The van der Waals surface area contributed by atoms with Crippen LogP contribution in [0.4, 0.5) is 11.4 Å². The minimum atomic E-state index is -1.04. The molecule has 0 aliphatic heterocycles. The summed E-state index contributed by atoms with van der Waals surface area (Å²) in [6.07, 6.45) is 3.03. The largest absolute Gasteiger partial charge is 0.478 e. The average molecular weight is 279 g/mol. The molecule has 0 atom stereocenters. The average Bonchev–Trinajstić information content (AvgIpc) is 2.40. The number of hydrogen-bond donors (Lipinski definition) is 3. The number of nitrogens with two attached hydrogens (primary N) is 2. The number of aromatic carboxylic acids is 1. The molecular formula is C15H25N3O2. The molecule has 0 heterocycles. The Labute approximate surface area is 120 Å². The van der Waals surface area contributed by atoms with Gasteiger partial charge >= 0.3 is 5.97 Å². The Morgan fingerprint density at radius 1 is 1.10 bits per heavy atom. The Hall–Kier alpha value is -1.75. The van der Waals surface area contributed by atoms with E-state index >= 15 is 0 Å².